The summed E-state index contributed by atoms with van der Waals surface area (Å²) in [7, 11) is 0. The van der Waals surface area contributed by atoms with Crippen LogP contribution in [0.5, 0.6) is 0 Å². The molecule has 0 radical (unpaired) electrons. The molecule has 1 N–H and O–H groups in total. The molecule has 6 heteroatoms. The van der Waals surface area contributed by atoms with Gasteiger partial charge in [-0.3, -0.25) is 0 Å². The molecule has 114 valence electrons. The minimum Gasteiger partial charge on any atom is -0.460 e. The monoisotopic (exact) mass is 298 g/mol. The Morgan fingerprint density at radius 1 is 1.14 bits per heavy atom. The predicted molar refractivity (Wildman–Crippen MR) is 83.5 cm³/mol. The molecule has 3 aromatic rings. The molecule has 0 fully saturated rings. The van der Waals surface area contributed by atoms with Crippen molar-refractivity contribution in [2.75, 3.05) is 5.32 Å². The third-order valence-corrected chi connectivity index (χ3v) is 3.07. The highest BCUT2D eigenvalue weighted by Gasteiger charge is 2.17. The summed E-state index contributed by atoms with van der Waals surface area (Å²) in [5.41, 5.74) is 2.24. The van der Waals surface area contributed by atoms with Gasteiger partial charge in [-0.1, -0.05) is 5.16 Å². The van der Waals surface area contributed by atoms with Crippen molar-refractivity contribution in [3.05, 3.63) is 35.9 Å². The van der Waals surface area contributed by atoms with Gasteiger partial charge in [0.05, 0.1) is 11.3 Å². The number of hydrogen-bond acceptors (Lipinski definition) is 6. The molecule has 0 amide bonds. The van der Waals surface area contributed by atoms with Crippen LogP contribution in [-0.4, -0.2) is 21.2 Å². The maximum absolute atomic E-state index is 5.72. The summed E-state index contributed by atoms with van der Waals surface area (Å²) in [4.78, 5) is 8.92. The van der Waals surface area contributed by atoms with E-state index >= 15 is 0 Å². The first-order chi connectivity index (χ1) is 10.5. The number of furan rings is 1. The molecule has 0 saturated carbocycles. The van der Waals surface area contributed by atoms with Crippen molar-refractivity contribution in [3.8, 4) is 22.8 Å². The van der Waals surface area contributed by atoms with Gasteiger partial charge < -0.3 is 14.3 Å². The summed E-state index contributed by atoms with van der Waals surface area (Å²) >= 11 is 0. The molecule has 0 aliphatic carbocycles. The van der Waals surface area contributed by atoms with Gasteiger partial charge in [0.2, 0.25) is 5.95 Å². The van der Waals surface area contributed by atoms with Crippen LogP contribution < -0.4 is 5.32 Å². The van der Waals surface area contributed by atoms with Crippen molar-refractivity contribution >= 4 is 5.95 Å². The molecular formula is C16H18N4O2. The molecular weight excluding hydrogens is 280 g/mol. The van der Waals surface area contributed by atoms with Crippen molar-refractivity contribution < 1.29 is 8.94 Å². The molecule has 0 bridgehead atoms. The number of anilines is 1. The van der Waals surface area contributed by atoms with Gasteiger partial charge in [-0.25, -0.2) is 9.97 Å². The van der Waals surface area contributed by atoms with Crippen LogP contribution in [0, 0.1) is 13.8 Å². The fraction of sp³-hybridized carbons (Fsp3) is 0.312. The van der Waals surface area contributed by atoms with E-state index in [2.05, 4.69) is 20.4 Å². The second-order valence-electron chi connectivity index (χ2n) is 5.50. The molecule has 22 heavy (non-hydrogen) atoms. The third-order valence-electron chi connectivity index (χ3n) is 3.07. The standard InChI is InChI=1S/C16H18N4O2/c1-9(2)18-16-17-8-12(14-7-10(3)20-22-14)15(19-16)13-6-5-11(4)21-13/h5-9H,1-4H3,(H,17,18,19). The molecule has 0 unspecified atom stereocenters. The lowest BCUT2D eigenvalue weighted by Gasteiger charge is -2.10. The van der Waals surface area contributed by atoms with E-state index in [1.807, 2.05) is 45.9 Å². The van der Waals surface area contributed by atoms with E-state index in [9.17, 15) is 0 Å². The Morgan fingerprint density at radius 2 is 1.95 bits per heavy atom. The van der Waals surface area contributed by atoms with Gasteiger partial charge in [-0.15, -0.1) is 0 Å². The number of nitrogens with one attached hydrogen (secondary N) is 1. The van der Waals surface area contributed by atoms with Gasteiger partial charge in [-0.05, 0) is 39.8 Å². The fourth-order valence-electron chi connectivity index (χ4n) is 2.13. The Labute approximate surface area is 128 Å². The van der Waals surface area contributed by atoms with Crippen LogP contribution in [0.15, 0.2) is 33.3 Å². The van der Waals surface area contributed by atoms with E-state index in [1.54, 1.807) is 6.20 Å². The smallest absolute Gasteiger partial charge is 0.223 e. The number of aryl methyl sites for hydroxylation is 2. The molecule has 3 rings (SSSR count). The number of rotatable bonds is 4. The highest BCUT2D eigenvalue weighted by Crippen LogP contribution is 2.32. The van der Waals surface area contributed by atoms with E-state index in [-0.39, 0.29) is 6.04 Å². The van der Waals surface area contributed by atoms with Crippen molar-refractivity contribution in [2.24, 2.45) is 0 Å². The topological polar surface area (TPSA) is 77.0 Å². The third kappa shape index (κ3) is 2.86. The van der Waals surface area contributed by atoms with Crippen LogP contribution in [0.2, 0.25) is 0 Å². The van der Waals surface area contributed by atoms with Crippen LogP contribution in [-0.2, 0) is 0 Å². The minimum atomic E-state index is 0.240. The van der Waals surface area contributed by atoms with Gasteiger partial charge in [0, 0.05) is 18.3 Å². The molecule has 6 nitrogen and oxygen atoms in total. The second kappa shape index (κ2) is 5.63. The number of nitrogens with zero attached hydrogens (tertiary/aromatic N) is 3. The zero-order valence-corrected chi connectivity index (χ0v) is 13.0. The summed E-state index contributed by atoms with van der Waals surface area (Å²) in [5, 5.41) is 7.12. The minimum absolute atomic E-state index is 0.240. The number of hydrogen-bond donors (Lipinski definition) is 1. The van der Waals surface area contributed by atoms with Crippen molar-refractivity contribution in [1.82, 2.24) is 15.1 Å². The van der Waals surface area contributed by atoms with Gasteiger partial charge >= 0.3 is 0 Å². The van der Waals surface area contributed by atoms with E-state index in [0.29, 0.717) is 23.2 Å². The molecule has 3 aromatic heterocycles. The molecule has 3 heterocycles. The summed E-state index contributed by atoms with van der Waals surface area (Å²) in [6.07, 6.45) is 1.73. The summed E-state index contributed by atoms with van der Waals surface area (Å²) < 4.78 is 11.1. The lowest BCUT2D eigenvalue weighted by molar-refractivity contribution is 0.427. The summed E-state index contributed by atoms with van der Waals surface area (Å²) in [6, 6.07) is 5.89. The predicted octanol–water partition coefficient (Wildman–Crippen LogP) is 3.83. The van der Waals surface area contributed by atoms with Gasteiger partial charge in [0.25, 0.3) is 0 Å². The van der Waals surface area contributed by atoms with Crippen LogP contribution in [0.3, 0.4) is 0 Å². The van der Waals surface area contributed by atoms with E-state index in [4.69, 9.17) is 8.94 Å². The van der Waals surface area contributed by atoms with Gasteiger partial charge in [0.15, 0.2) is 11.5 Å². The maximum Gasteiger partial charge on any atom is 0.223 e. The molecule has 0 aliphatic rings. The summed E-state index contributed by atoms with van der Waals surface area (Å²) in [6.45, 7) is 7.84. The normalized spacial score (nSPS) is 11.1. The molecule has 0 aromatic carbocycles. The zero-order valence-electron chi connectivity index (χ0n) is 13.0. The van der Waals surface area contributed by atoms with Crippen LogP contribution in [0.25, 0.3) is 22.8 Å². The first kappa shape index (κ1) is 14.3. The maximum atomic E-state index is 5.72. The molecule has 0 spiro atoms. The van der Waals surface area contributed by atoms with Crippen molar-refractivity contribution in [1.29, 1.82) is 0 Å². The van der Waals surface area contributed by atoms with E-state index in [0.717, 1.165) is 17.0 Å². The largest absolute Gasteiger partial charge is 0.460 e. The molecule has 0 aliphatic heterocycles. The highest BCUT2D eigenvalue weighted by atomic mass is 16.5. The quantitative estimate of drug-likeness (QED) is 0.788. The van der Waals surface area contributed by atoms with E-state index < -0.39 is 0 Å². The SMILES string of the molecule is Cc1cc(-c2cnc(NC(C)C)nc2-c2ccc(C)o2)on1. The zero-order chi connectivity index (χ0) is 15.7. The van der Waals surface area contributed by atoms with Crippen molar-refractivity contribution in [3.63, 3.8) is 0 Å². The average molecular weight is 298 g/mol. The second-order valence-corrected chi connectivity index (χ2v) is 5.50. The first-order valence-electron chi connectivity index (χ1n) is 7.17. The molecule has 0 atom stereocenters. The Hall–Kier alpha value is -2.63. The van der Waals surface area contributed by atoms with Gasteiger partial charge in [-0.2, -0.15) is 0 Å². The van der Waals surface area contributed by atoms with E-state index in [1.165, 1.54) is 0 Å². The Bertz CT molecular complexity index is 789. The average Bonchev–Trinajstić information content (AvgIpc) is 3.07. The number of aromatic nitrogens is 3. The fourth-order valence-corrected chi connectivity index (χ4v) is 2.13. The Kier molecular flexibility index (Phi) is 3.66. The van der Waals surface area contributed by atoms with Crippen molar-refractivity contribution in [2.45, 2.75) is 33.7 Å². The van der Waals surface area contributed by atoms with Crippen LogP contribution >= 0.6 is 0 Å². The Balaban J connectivity index is 2.12. The van der Waals surface area contributed by atoms with Crippen LogP contribution in [0.4, 0.5) is 5.95 Å². The Morgan fingerprint density at radius 3 is 2.55 bits per heavy atom. The lowest BCUT2D eigenvalue weighted by atomic mass is 10.1. The first-order valence-corrected chi connectivity index (χ1v) is 7.17. The van der Waals surface area contributed by atoms with Crippen LogP contribution in [0.1, 0.15) is 25.3 Å². The summed E-state index contributed by atoms with van der Waals surface area (Å²) in [5.74, 6) is 2.68. The van der Waals surface area contributed by atoms with Gasteiger partial charge in [0.1, 0.15) is 11.5 Å². The lowest BCUT2D eigenvalue weighted by Crippen LogP contribution is -2.12. The molecule has 0 saturated heterocycles. The highest BCUT2D eigenvalue weighted by molar-refractivity contribution is 5.75.